The van der Waals surface area contributed by atoms with Crippen LogP contribution in [0, 0.1) is 6.92 Å². The second kappa shape index (κ2) is 6.19. The Bertz CT molecular complexity index is 410. The molecule has 19 heavy (non-hydrogen) atoms. The van der Waals surface area contributed by atoms with E-state index in [4.69, 9.17) is 0 Å². The minimum absolute atomic E-state index is 0.536. The van der Waals surface area contributed by atoms with Crippen molar-refractivity contribution < 1.29 is 0 Å². The zero-order valence-electron chi connectivity index (χ0n) is 12.4. The van der Waals surface area contributed by atoms with Gasteiger partial charge in [0.1, 0.15) is 17.5 Å². The van der Waals surface area contributed by atoms with Gasteiger partial charge in [0.2, 0.25) is 0 Å². The highest BCUT2D eigenvalue weighted by atomic mass is 15.2. The van der Waals surface area contributed by atoms with Gasteiger partial charge in [-0.05, 0) is 39.7 Å². The van der Waals surface area contributed by atoms with Crippen molar-refractivity contribution in [2.24, 2.45) is 0 Å². The summed E-state index contributed by atoms with van der Waals surface area (Å²) in [7, 11) is 6.06. The summed E-state index contributed by atoms with van der Waals surface area (Å²) >= 11 is 0. The summed E-state index contributed by atoms with van der Waals surface area (Å²) in [4.78, 5) is 10.9. The van der Waals surface area contributed by atoms with E-state index in [1.165, 1.54) is 25.7 Å². The Balaban J connectivity index is 1.99. The predicted octanol–water partition coefficient (Wildman–Crippen LogP) is 1.79. The Kier molecular flexibility index (Phi) is 4.58. The highest BCUT2D eigenvalue weighted by Gasteiger charge is 2.20. The van der Waals surface area contributed by atoms with Gasteiger partial charge in [-0.15, -0.1) is 0 Å². The summed E-state index contributed by atoms with van der Waals surface area (Å²) in [6.07, 6.45) is 4.87. The fourth-order valence-electron chi connectivity index (χ4n) is 2.59. The summed E-state index contributed by atoms with van der Waals surface area (Å²) in [5.41, 5.74) is 0. The monoisotopic (exact) mass is 263 g/mol. The van der Waals surface area contributed by atoms with E-state index in [-0.39, 0.29) is 0 Å². The summed E-state index contributed by atoms with van der Waals surface area (Å²) in [6, 6.07) is 3.24. The first-order valence-corrected chi connectivity index (χ1v) is 7.05. The van der Waals surface area contributed by atoms with Crippen LogP contribution in [0.15, 0.2) is 6.07 Å². The average Bonchev–Trinajstić information content (AvgIpc) is 2.39. The van der Waals surface area contributed by atoms with E-state index in [9.17, 15) is 0 Å². The Morgan fingerprint density at radius 1 is 1.11 bits per heavy atom. The molecule has 0 atom stereocenters. The topological polar surface area (TPSA) is 53.1 Å². The molecule has 0 radical (unpaired) electrons. The van der Waals surface area contributed by atoms with Crippen LogP contribution in [0.25, 0.3) is 0 Å². The summed E-state index contributed by atoms with van der Waals surface area (Å²) in [5, 5.41) is 6.92. The molecule has 1 aliphatic rings. The molecule has 0 aromatic carbocycles. The smallest absolute Gasteiger partial charge is 0.133 e. The molecule has 0 amide bonds. The van der Waals surface area contributed by atoms with Crippen molar-refractivity contribution in [3.8, 4) is 0 Å². The molecule has 1 aromatic heterocycles. The molecule has 5 nitrogen and oxygen atoms in total. The molecule has 1 saturated carbocycles. The highest BCUT2D eigenvalue weighted by molar-refractivity contribution is 5.48. The quantitative estimate of drug-likeness (QED) is 0.867. The predicted molar refractivity (Wildman–Crippen MR) is 79.8 cm³/mol. The number of hydrogen-bond acceptors (Lipinski definition) is 5. The van der Waals surface area contributed by atoms with Crippen LogP contribution in [0.2, 0.25) is 0 Å². The SMILES string of the molecule is CNC1CCC(Nc2cc(N(C)C)nc(C)n2)CC1. The standard InChI is InChI=1S/C14H25N5/c1-10-16-13(9-14(17-10)19(3)4)18-12-7-5-11(15-2)6-8-12/h9,11-12,15H,5-8H2,1-4H3,(H,16,17,18). The molecule has 2 rings (SSSR count). The number of aromatic nitrogens is 2. The van der Waals surface area contributed by atoms with Gasteiger partial charge in [-0.3, -0.25) is 0 Å². The highest BCUT2D eigenvalue weighted by Crippen LogP contribution is 2.22. The van der Waals surface area contributed by atoms with E-state index in [1.54, 1.807) is 0 Å². The third-order valence-electron chi connectivity index (χ3n) is 3.77. The molecule has 0 aliphatic heterocycles. The van der Waals surface area contributed by atoms with Crippen molar-refractivity contribution in [1.82, 2.24) is 15.3 Å². The lowest BCUT2D eigenvalue weighted by molar-refractivity contribution is 0.371. The molecule has 0 saturated heterocycles. The molecule has 1 aliphatic carbocycles. The van der Waals surface area contributed by atoms with Crippen LogP contribution >= 0.6 is 0 Å². The first kappa shape index (κ1) is 14.1. The number of nitrogens with one attached hydrogen (secondary N) is 2. The summed E-state index contributed by atoms with van der Waals surface area (Å²) in [6.45, 7) is 1.94. The molecule has 1 heterocycles. The van der Waals surface area contributed by atoms with Crippen LogP contribution in [0.1, 0.15) is 31.5 Å². The zero-order chi connectivity index (χ0) is 13.8. The molecular formula is C14H25N5. The number of anilines is 2. The Labute approximate surface area is 115 Å². The van der Waals surface area contributed by atoms with Gasteiger partial charge >= 0.3 is 0 Å². The normalized spacial score (nSPS) is 23.2. The number of hydrogen-bond donors (Lipinski definition) is 2. The molecular weight excluding hydrogens is 238 g/mol. The van der Waals surface area contributed by atoms with E-state index >= 15 is 0 Å². The average molecular weight is 263 g/mol. The lowest BCUT2D eigenvalue weighted by atomic mass is 9.91. The van der Waals surface area contributed by atoms with E-state index in [1.807, 2.05) is 32.0 Å². The Hall–Kier alpha value is -1.36. The molecule has 2 N–H and O–H groups in total. The molecule has 5 heteroatoms. The Morgan fingerprint density at radius 2 is 1.74 bits per heavy atom. The fraction of sp³-hybridized carbons (Fsp3) is 0.714. The maximum Gasteiger partial charge on any atom is 0.133 e. The van der Waals surface area contributed by atoms with E-state index in [0.29, 0.717) is 12.1 Å². The van der Waals surface area contributed by atoms with Gasteiger partial charge < -0.3 is 15.5 Å². The molecule has 1 fully saturated rings. The summed E-state index contributed by atoms with van der Waals surface area (Å²) in [5.74, 6) is 2.72. The molecule has 0 spiro atoms. The number of aryl methyl sites for hydroxylation is 1. The van der Waals surface area contributed by atoms with Crippen molar-refractivity contribution in [2.45, 2.75) is 44.7 Å². The summed E-state index contributed by atoms with van der Waals surface area (Å²) < 4.78 is 0. The van der Waals surface area contributed by atoms with E-state index in [0.717, 1.165) is 17.5 Å². The van der Waals surface area contributed by atoms with Crippen molar-refractivity contribution in [2.75, 3.05) is 31.4 Å². The van der Waals surface area contributed by atoms with Gasteiger partial charge in [0.15, 0.2) is 0 Å². The van der Waals surface area contributed by atoms with Gasteiger partial charge in [0, 0.05) is 32.2 Å². The number of rotatable bonds is 4. The minimum atomic E-state index is 0.536. The number of nitrogens with zero attached hydrogens (tertiary/aromatic N) is 3. The van der Waals surface area contributed by atoms with Crippen LogP contribution in [-0.4, -0.2) is 43.2 Å². The fourth-order valence-corrected chi connectivity index (χ4v) is 2.59. The van der Waals surface area contributed by atoms with Gasteiger partial charge in [0.25, 0.3) is 0 Å². The maximum absolute atomic E-state index is 4.49. The largest absolute Gasteiger partial charge is 0.367 e. The molecule has 0 unspecified atom stereocenters. The lowest BCUT2D eigenvalue weighted by Gasteiger charge is -2.29. The first-order chi connectivity index (χ1) is 9.08. The van der Waals surface area contributed by atoms with Crippen LogP contribution in [-0.2, 0) is 0 Å². The Morgan fingerprint density at radius 3 is 2.32 bits per heavy atom. The maximum atomic E-state index is 4.49. The van der Waals surface area contributed by atoms with E-state index in [2.05, 4.69) is 27.6 Å². The van der Waals surface area contributed by atoms with Crippen molar-refractivity contribution >= 4 is 11.6 Å². The molecule has 0 bridgehead atoms. The van der Waals surface area contributed by atoms with Gasteiger partial charge in [-0.1, -0.05) is 0 Å². The van der Waals surface area contributed by atoms with E-state index < -0.39 is 0 Å². The molecule has 106 valence electrons. The molecule has 1 aromatic rings. The van der Waals surface area contributed by atoms with Crippen LogP contribution < -0.4 is 15.5 Å². The van der Waals surface area contributed by atoms with Gasteiger partial charge in [-0.2, -0.15) is 0 Å². The van der Waals surface area contributed by atoms with Gasteiger partial charge in [-0.25, -0.2) is 9.97 Å². The van der Waals surface area contributed by atoms with Crippen LogP contribution in [0.3, 0.4) is 0 Å². The second-order valence-electron chi connectivity index (χ2n) is 5.53. The third-order valence-corrected chi connectivity index (χ3v) is 3.77. The minimum Gasteiger partial charge on any atom is -0.367 e. The second-order valence-corrected chi connectivity index (χ2v) is 5.53. The van der Waals surface area contributed by atoms with Crippen LogP contribution in [0.4, 0.5) is 11.6 Å². The van der Waals surface area contributed by atoms with Crippen molar-refractivity contribution in [1.29, 1.82) is 0 Å². The van der Waals surface area contributed by atoms with Crippen LogP contribution in [0.5, 0.6) is 0 Å². The van der Waals surface area contributed by atoms with Gasteiger partial charge in [0.05, 0.1) is 0 Å². The lowest BCUT2D eigenvalue weighted by Crippen LogP contribution is -2.35. The zero-order valence-corrected chi connectivity index (χ0v) is 12.4. The van der Waals surface area contributed by atoms with Crippen molar-refractivity contribution in [3.05, 3.63) is 11.9 Å². The first-order valence-electron chi connectivity index (χ1n) is 7.05. The third kappa shape index (κ3) is 3.80. The van der Waals surface area contributed by atoms with Crippen molar-refractivity contribution in [3.63, 3.8) is 0 Å².